The molecular weight excluding hydrogens is 248 g/mol. The first kappa shape index (κ1) is 12.8. The molecule has 1 aromatic heterocycles. The highest BCUT2D eigenvalue weighted by atomic mass is 35.5. The van der Waals surface area contributed by atoms with E-state index in [1.54, 1.807) is 0 Å². The van der Waals surface area contributed by atoms with Crippen molar-refractivity contribution >= 4 is 23.0 Å². The fourth-order valence-electron chi connectivity index (χ4n) is 1.94. The van der Waals surface area contributed by atoms with Gasteiger partial charge in [0.05, 0.1) is 16.4 Å². The Kier molecular flexibility index (Phi) is 3.82. The minimum Gasteiger partial charge on any atom is -0.466 e. The van der Waals surface area contributed by atoms with Crippen LogP contribution in [0.4, 0.5) is 11.4 Å². The molecule has 0 bridgehead atoms. The molecule has 0 amide bonds. The third kappa shape index (κ3) is 2.79. The molecule has 0 atom stereocenters. The molecule has 0 fully saturated rings. The number of hydrogen-bond donors (Lipinski definition) is 1. The van der Waals surface area contributed by atoms with Crippen LogP contribution in [0.15, 0.2) is 34.7 Å². The van der Waals surface area contributed by atoms with Crippen molar-refractivity contribution < 1.29 is 4.42 Å². The number of halogens is 1. The molecule has 0 saturated carbocycles. The average molecular weight is 265 g/mol. The molecule has 0 aliphatic heterocycles. The molecule has 3 nitrogen and oxygen atoms in total. The first-order valence-corrected chi connectivity index (χ1v) is 6.26. The molecule has 2 aromatic rings. The maximum Gasteiger partial charge on any atom is 0.105 e. The Labute approximate surface area is 112 Å². The number of nitrogen functional groups attached to an aromatic ring is 1. The topological polar surface area (TPSA) is 42.4 Å². The predicted molar refractivity (Wildman–Crippen MR) is 76.3 cm³/mol. The van der Waals surface area contributed by atoms with E-state index in [9.17, 15) is 0 Å². The number of aryl methyl sites for hydroxylation is 1. The largest absolute Gasteiger partial charge is 0.466 e. The summed E-state index contributed by atoms with van der Waals surface area (Å²) in [4.78, 5) is 2.05. The maximum absolute atomic E-state index is 6.17. The van der Waals surface area contributed by atoms with Gasteiger partial charge in [-0.3, -0.25) is 0 Å². The van der Waals surface area contributed by atoms with Gasteiger partial charge in [0.15, 0.2) is 0 Å². The monoisotopic (exact) mass is 264 g/mol. The summed E-state index contributed by atoms with van der Waals surface area (Å²) in [5.41, 5.74) is 7.52. The Morgan fingerprint density at radius 1 is 1.28 bits per heavy atom. The van der Waals surface area contributed by atoms with Crippen LogP contribution in [0.2, 0.25) is 5.02 Å². The number of nitrogens with two attached hydrogens (primary N) is 1. The van der Waals surface area contributed by atoms with Crippen LogP contribution in [-0.2, 0) is 6.42 Å². The summed E-state index contributed by atoms with van der Waals surface area (Å²) < 4.78 is 5.54. The van der Waals surface area contributed by atoms with Gasteiger partial charge in [0.25, 0.3) is 0 Å². The van der Waals surface area contributed by atoms with E-state index < -0.39 is 0 Å². The van der Waals surface area contributed by atoms with Crippen molar-refractivity contribution in [2.45, 2.75) is 13.3 Å². The van der Waals surface area contributed by atoms with Crippen molar-refractivity contribution in [2.24, 2.45) is 0 Å². The summed E-state index contributed by atoms with van der Waals surface area (Å²) >= 11 is 6.17. The van der Waals surface area contributed by atoms with Crippen molar-refractivity contribution in [1.82, 2.24) is 0 Å². The standard InChI is InChI=1S/C14H17ClN2O/c1-10-6-7-11(18-10)8-9-17(2)14-12(15)4-3-5-13(14)16/h3-7H,8-9,16H2,1-2H3. The average Bonchev–Trinajstić information content (AvgIpc) is 2.72. The Morgan fingerprint density at radius 2 is 2.06 bits per heavy atom. The molecule has 0 spiro atoms. The summed E-state index contributed by atoms with van der Waals surface area (Å²) in [6, 6.07) is 9.53. The Hall–Kier alpha value is -1.61. The molecular formula is C14H17ClN2O. The molecule has 1 aromatic carbocycles. The highest BCUT2D eigenvalue weighted by Gasteiger charge is 2.10. The lowest BCUT2D eigenvalue weighted by Crippen LogP contribution is -2.21. The fourth-order valence-corrected chi connectivity index (χ4v) is 2.27. The van der Waals surface area contributed by atoms with Crippen molar-refractivity contribution in [3.63, 3.8) is 0 Å². The third-order valence-electron chi connectivity index (χ3n) is 2.89. The van der Waals surface area contributed by atoms with Crippen molar-refractivity contribution in [3.05, 3.63) is 46.9 Å². The van der Waals surface area contributed by atoms with E-state index in [4.69, 9.17) is 21.8 Å². The van der Waals surface area contributed by atoms with E-state index in [1.807, 2.05) is 44.3 Å². The lowest BCUT2D eigenvalue weighted by Gasteiger charge is -2.21. The van der Waals surface area contributed by atoms with E-state index in [0.29, 0.717) is 10.7 Å². The Bertz CT molecular complexity index is 516. The smallest absolute Gasteiger partial charge is 0.105 e. The number of rotatable bonds is 4. The highest BCUT2D eigenvalue weighted by Crippen LogP contribution is 2.30. The number of furan rings is 1. The molecule has 0 saturated heterocycles. The summed E-state index contributed by atoms with van der Waals surface area (Å²) in [7, 11) is 1.98. The number of benzene rings is 1. The lowest BCUT2D eigenvalue weighted by molar-refractivity contribution is 0.483. The molecule has 0 unspecified atom stereocenters. The van der Waals surface area contributed by atoms with E-state index in [-0.39, 0.29) is 0 Å². The predicted octanol–water partition coefficient (Wildman–Crippen LogP) is 3.50. The van der Waals surface area contributed by atoms with Crippen LogP contribution in [0.25, 0.3) is 0 Å². The quantitative estimate of drug-likeness (QED) is 0.860. The van der Waals surface area contributed by atoms with Crippen LogP contribution in [0.3, 0.4) is 0 Å². The second kappa shape index (κ2) is 5.36. The summed E-state index contributed by atoms with van der Waals surface area (Å²) in [6.45, 7) is 2.75. The van der Waals surface area contributed by atoms with Crippen molar-refractivity contribution in [1.29, 1.82) is 0 Å². The zero-order valence-electron chi connectivity index (χ0n) is 10.6. The SMILES string of the molecule is Cc1ccc(CCN(C)c2c(N)cccc2Cl)o1. The van der Waals surface area contributed by atoms with Gasteiger partial charge in [-0.05, 0) is 31.2 Å². The number of likely N-dealkylation sites (N-methyl/N-ethyl adjacent to an activating group) is 1. The van der Waals surface area contributed by atoms with Gasteiger partial charge in [0, 0.05) is 20.0 Å². The maximum atomic E-state index is 6.17. The molecule has 4 heteroatoms. The highest BCUT2D eigenvalue weighted by molar-refractivity contribution is 6.33. The van der Waals surface area contributed by atoms with Crippen molar-refractivity contribution in [3.8, 4) is 0 Å². The normalized spacial score (nSPS) is 10.6. The number of hydrogen-bond acceptors (Lipinski definition) is 3. The molecule has 96 valence electrons. The van der Waals surface area contributed by atoms with Crippen LogP contribution in [-0.4, -0.2) is 13.6 Å². The number of para-hydroxylation sites is 1. The fraction of sp³-hybridized carbons (Fsp3) is 0.286. The van der Waals surface area contributed by atoms with E-state index in [0.717, 1.165) is 30.2 Å². The van der Waals surface area contributed by atoms with Gasteiger partial charge in [0.2, 0.25) is 0 Å². The van der Waals surface area contributed by atoms with Crippen LogP contribution in [0.5, 0.6) is 0 Å². The van der Waals surface area contributed by atoms with E-state index >= 15 is 0 Å². The second-order valence-electron chi connectivity index (χ2n) is 4.36. The Balaban J connectivity index is 2.06. The zero-order chi connectivity index (χ0) is 13.1. The molecule has 0 radical (unpaired) electrons. The number of anilines is 2. The van der Waals surface area contributed by atoms with Gasteiger partial charge >= 0.3 is 0 Å². The second-order valence-corrected chi connectivity index (χ2v) is 4.77. The minimum atomic E-state index is 0.674. The Morgan fingerprint density at radius 3 is 2.67 bits per heavy atom. The first-order chi connectivity index (χ1) is 8.58. The van der Waals surface area contributed by atoms with Crippen LogP contribution < -0.4 is 10.6 Å². The van der Waals surface area contributed by atoms with Crippen molar-refractivity contribution in [2.75, 3.05) is 24.2 Å². The van der Waals surface area contributed by atoms with E-state index in [2.05, 4.69) is 4.90 Å². The van der Waals surface area contributed by atoms with Gasteiger partial charge in [-0.15, -0.1) is 0 Å². The van der Waals surface area contributed by atoms with Gasteiger partial charge in [0.1, 0.15) is 11.5 Å². The minimum absolute atomic E-state index is 0.674. The number of nitrogens with zero attached hydrogens (tertiary/aromatic N) is 1. The van der Waals surface area contributed by atoms with E-state index in [1.165, 1.54) is 0 Å². The molecule has 2 rings (SSSR count). The van der Waals surface area contributed by atoms with Gasteiger partial charge < -0.3 is 15.1 Å². The third-order valence-corrected chi connectivity index (χ3v) is 3.19. The first-order valence-electron chi connectivity index (χ1n) is 5.88. The van der Waals surface area contributed by atoms with Gasteiger partial charge in [-0.2, -0.15) is 0 Å². The molecule has 2 N–H and O–H groups in total. The van der Waals surface area contributed by atoms with Gasteiger partial charge in [-0.1, -0.05) is 17.7 Å². The van der Waals surface area contributed by atoms with Gasteiger partial charge in [-0.25, -0.2) is 0 Å². The molecule has 18 heavy (non-hydrogen) atoms. The summed E-state index contributed by atoms with van der Waals surface area (Å²) in [6.07, 6.45) is 0.828. The summed E-state index contributed by atoms with van der Waals surface area (Å²) in [5.74, 6) is 1.91. The molecule has 1 heterocycles. The van der Waals surface area contributed by atoms with Crippen LogP contribution in [0.1, 0.15) is 11.5 Å². The zero-order valence-corrected chi connectivity index (χ0v) is 11.4. The lowest BCUT2D eigenvalue weighted by atomic mass is 10.2. The molecule has 0 aliphatic rings. The molecule has 0 aliphatic carbocycles. The van der Waals surface area contributed by atoms with Crippen LogP contribution in [0, 0.1) is 6.92 Å². The van der Waals surface area contributed by atoms with Crippen LogP contribution >= 0.6 is 11.6 Å². The summed E-state index contributed by atoms with van der Waals surface area (Å²) in [5, 5.41) is 0.674.